The fourth-order valence-corrected chi connectivity index (χ4v) is 3.72. The topological polar surface area (TPSA) is 67.5 Å². The highest BCUT2D eigenvalue weighted by Crippen LogP contribution is 2.35. The van der Waals surface area contributed by atoms with Gasteiger partial charge in [-0.05, 0) is 62.6 Å². The number of hydrogen-bond acceptors (Lipinski definition) is 5. The molecule has 146 valence electrons. The number of methoxy groups -OCH3 is 1. The summed E-state index contributed by atoms with van der Waals surface area (Å²) in [5, 5.41) is 0. The number of imidazole rings is 1. The molecule has 2 heterocycles. The van der Waals surface area contributed by atoms with Crippen molar-refractivity contribution in [2.45, 2.75) is 26.2 Å². The molecule has 0 atom stereocenters. The van der Waals surface area contributed by atoms with E-state index >= 15 is 0 Å². The third-order valence-electron chi connectivity index (χ3n) is 5.13. The Morgan fingerprint density at radius 2 is 1.96 bits per heavy atom. The molecule has 0 bridgehead atoms. The first kappa shape index (κ1) is 18.3. The van der Waals surface area contributed by atoms with Crippen LogP contribution in [-0.4, -0.2) is 42.7 Å². The summed E-state index contributed by atoms with van der Waals surface area (Å²) in [6.07, 6.45) is 3.69. The van der Waals surface area contributed by atoms with Crippen molar-refractivity contribution < 1.29 is 14.3 Å². The molecule has 1 aromatic heterocycles. The summed E-state index contributed by atoms with van der Waals surface area (Å²) >= 11 is 0. The maximum absolute atomic E-state index is 11.8. The van der Waals surface area contributed by atoms with Crippen molar-refractivity contribution in [2.24, 2.45) is 0 Å². The highest BCUT2D eigenvalue weighted by molar-refractivity contribution is 5.94. The summed E-state index contributed by atoms with van der Waals surface area (Å²) in [7, 11) is 1.38. The lowest BCUT2D eigenvalue weighted by Gasteiger charge is -2.30. The van der Waals surface area contributed by atoms with E-state index in [1.165, 1.54) is 26.4 Å². The highest BCUT2D eigenvalue weighted by Gasteiger charge is 2.18. The molecule has 6 nitrogen and oxygen atoms in total. The van der Waals surface area contributed by atoms with Crippen LogP contribution in [0.5, 0.6) is 5.75 Å². The van der Waals surface area contributed by atoms with Crippen LogP contribution in [0.3, 0.4) is 0 Å². The lowest BCUT2D eigenvalue weighted by molar-refractivity contribution is 0.0601. The van der Waals surface area contributed by atoms with Crippen molar-refractivity contribution in [1.82, 2.24) is 9.97 Å². The molecular weight excluding hydrogens is 354 g/mol. The first-order valence-corrected chi connectivity index (χ1v) is 9.80. The van der Waals surface area contributed by atoms with Crippen LogP contribution in [0, 0.1) is 0 Å². The number of esters is 1. The van der Waals surface area contributed by atoms with Crippen LogP contribution < -0.4 is 9.64 Å². The molecule has 0 saturated carbocycles. The Kier molecular flexibility index (Phi) is 5.19. The van der Waals surface area contributed by atoms with Gasteiger partial charge in [-0.1, -0.05) is 0 Å². The molecular formula is C22H25N3O3. The van der Waals surface area contributed by atoms with Gasteiger partial charge >= 0.3 is 5.97 Å². The zero-order valence-corrected chi connectivity index (χ0v) is 16.3. The zero-order valence-electron chi connectivity index (χ0n) is 16.3. The first-order chi connectivity index (χ1) is 13.7. The van der Waals surface area contributed by atoms with E-state index < -0.39 is 0 Å². The zero-order chi connectivity index (χ0) is 19.5. The van der Waals surface area contributed by atoms with Gasteiger partial charge in [-0.3, -0.25) is 0 Å². The van der Waals surface area contributed by atoms with Gasteiger partial charge in [0.25, 0.3) is 0 Å². The van der Waals surface area contributed by atoms with Gasteiger partial charge in [0.05, 0.1) is 36.0 Å². The molecule has 0 radical (unpaired) electrons. The van der Waals surface area contributed by atoms with Gasteiger partial charge in [0.2, 0.25) is 0 Å². The van der Waals surface area contributed by atoms with Crippen LogP contribution in [0.4, 0.5) is 5.69 Å². The van der Waals surface area contributed by atoms with E-state index in [9.17, 15) is 4.79 Å². The van der Waals surface area contributed by atoms with E-state index in [4.69, 9.17) is 14.5 Å². The Bertz CT molecular complexity index is 990. The first-order valence-electron chi connectivity index (χ1n) is 9.80. The molecule has 1 N–H and O–H groups in total. The lowest BCUT2D eigenvalue weighted by atomic mass is 10.1. The number of rotatable bonds is 5. The Labute approximate surface area is 164 Å². The van der Waals surface area contributed by atoms with Gasteiger partial charge in [0, 0.05) is 18.7 Å². The summed E-state index contributed by atoms with van der Waals surface area (Å²) in [5.74, 6) is 1.34. The van der Waals surface area contributed by atoms with Gasteiger partial charge in [-0.25, -0.2) is 9.78 Å². The SMILES string of the molecule is CCOc1ccc(-c2nc3ccc(C(=O)OC)cc3[nH]2)cc1N1CCCCC1. The number of nitrogens with one attached hydrogen (secondary N) is 1. The number of aromatic nitrogens is 2. The van der Waals surface area contributed by atoms with Crippen LogP contribution in [0.25, 0.3) is 22.4 Å². The predicted molar refractivity (Wildman–Crippen MR) is 110 cm³/mol. The lowest BCUT2D eigenvalue weighted by Crippen LogP contribution is -2.29. The Hall–Kier alpha value is -3.02. The molecule has 3 aromatic rings. The normalized spacial score (nSPS) is 14.3. The number of benzene rings is 2. The van der Waals surface area contributed by atoms with Gasteiger partial charge in [-0.2, -0.15) is 0 Å². The smallest absolute Gasteiger partial charge is 0.337 e. The fourth-order valence-electron chi connectivity index (χ4n) is 3.72. The molecule has 4 rings (SSSR count). The summed E-state index contributed by atoms with van der Waals surface area (Å²) in [5.41, 5.74) is 4.25. The van der Waals surface area contributed by atoms with Crippen molar-refractivity contribution in [3.63, 3.8) is 0 Å². The molecule has 6 heteroatoms. The number of aromatic amines is 1. The van der Waals surface area contributed by atoms with Crippen LogP contribution >= 0.6 is 0 Å². The van der Waals surface area contributed by atoms with Crippen molar-refractivity contribution >= 4 is 22.7 Å². The van der Waals surface area contributed by atoms with E-state index in [-0.39, 0.29) is 5.97 Å². The van der Waals surface area contributed by atoms with E-state index in [0.717, 1.165) is 46.9 Å². The van der Waals surface area contributed by atoms with Crippen LogP contribution in [0.2, 0.25) is 0 Å². The summed E-state index contributed by atoms with van der Waals surface area (Å²) < 4.78 is 10.7. The molecule has 0 aliphatic carbocycles. The van der Waals surface area contributed by atoms with E-state index in [1.54, 1.807) is 12.1 Å². The maximum Gasteiger partial charge on any atom is 0.337 e. The molecule has 0 unspecified atom stereocenters. The second-order valence-corrected chi connectivity index (χ2v) is 6.97. The summed E-state index contributed by atoms with van der Waals surface area (Å²) in [4.78, 5) is 22.2. The number of carbonyl (C=O) groups excluding carboxylic acids is 1. The minimum absolute atomic E-state index is 0.355. The van der Waals surface area contributed by atoms with E-state index in [2.05, 4.69) is 16.0 Å². The minimum atomic E-state index is -0.355. The molecule has 1 saturated heterocycles. The van der Waals surface area contributed by atoms with Gasteiger partial charge in [0.15, 0.2) is 0 Å². The quantitative estimate of drug-likeness (QED) is 0.665. The summed E-state index contributed by atoms with van der Waals surface area (Å²) in [6.45, 7) is 4.74. The number of piperidine rings is 1. The molecule has 1 aliphatic rings. The minimum Gasteiger partial charge on any atom is -0.492 e. The third kappa shape index (κ3) is 3.54. The number of hydrogen-bond donors (Lipinski definition) is 1. The highest BCUT2D eigenvalue weighted by atomic mass is 16.5. The predicted octanol–water partition coefficient (Wildman–Crippen LogP) is 4.41. The fraction of sp³-hybridized carbons (Fsp3) is 0.364. The van der Waals surface area contributed by atoms with Crippen LogP contribution in [0.15, 0.2) is 36.4 Å². The number of anilines is 1. The van der Waals surface area contributed by atoms with Crippen molar-refractivity contribution in [3.8, 4) is 17.1 Å². The van der Waals surface area contributed by atoms with Gasteiger partial charge in [0.1, 0.15) is 11.6 Å². The summed E-state index contributed by atoms with van der Waals surface area (Å²) in [6, 6.07) is 11.5. The second kappa shape index (κ2) is 7.92. The molecule has 1 aliphatic heterocycles. The van der Waals surface area contributed by atoms with Crippen molar-refractivity contribution in [1.29, 1.82) is 0 Å². The van der Waals surface area contributed by atoms with Crippen molar-refractivity contribution in [2.75, 3.05) is 31.7 Å². The molecule has 0 spiro atoms. The third-order valence-corrected chi connectivity index (χ3v) is 5.13. The number of nitrogens with zero attached hydrogens (tertiary/aromatic N) is 2. The molecule has 2 aromatic carbocycles. The van der Waals surface area contributed by atoms with Gasteiger partial charge in [-0.15, -0.1) is 0 Å². The average Bonchev–Trinajstić information content (AvgIpc) is 3.17. The van der Waals surface area contributed by atoms with Crippen LogP contribution in [0.1, 0.15) is 36.5 Å². The molecule has 1 fully saturated rings. The maximum atomic E-state index is 11.8. The number of ether oxygens (including phenoxy) is 2. The monoisotopic (exact) mass is 379 g/mol. The van der Waals surface area contributed by atoms with E-state index in [0.29, 0.717) is 12.2 Å². The van der Waals surface area contributed by atoms with Crippen molar-refractivity contribution in [3.05, 3.63) is 42.0 Å². The number of fused-ring (bicyclic) bond motifs is 1. The van der Waals surface area contributed by atoms with Crippen LogP contribution in [-0.2, 0) is 4.74 Å². The second-order valence-electron chi connectivity index (χ2n) is 6.97. The van der Waals surface area contributed by atoms with E-state index in [1.807, 2.05) is 25.1 Å². The Morgan fingerprint density at radius 1 is 1.14 bits per heavy atom. The van der Waals surface area contributed by atoms with Gasteiger partial charge < -0.3 is 19.4 Å². The Morgan fingerprint density at radius 3 is 2.71 bits per heavy atom. The standard InChI is InChI=1S/C22H25N3O3/c1-3-28-20-10-8-15(14-19(20)25-11-5-4-6-12-25)21-23-17-9-7-16(22(26)27-2)13-18(17)24-21/h7-10,13-14H,3-6,11-12H2,1-2H3,(H,23,24). The Balaban J connectivity index is 1.72. The molecule has 0 amide bonds. The largest absolute Gasteiger partial charge is 0.492 e. The molecule has 28 heavy (non-hydrogen) atoms. The average molecular weight is 379 g/mol. The number of H-pyrrole nitrogens is 1. The number of carbonyl (C=O) groups is 1.